The van der Waals surface area contributed by atoms with Crippen molar-refractivity contribution in [3.05, 3.63) is 94.5 Å². The van der Waals surface area contributed by atoms with Crippen molar-refractivity contribution in [3.63, 3.8) is 0 Å². The lowest BCUT2D eigenvalue weighted by Gasteiger charge is -2.12. The highest BCUT2D eigenvalue weighted by atomic mass is 35.5. The minimum atomic E-state index is -3.75. The summed E-state index contributed by atoms with van der Waals surface area (Å²) in [6.07, 6.45) is 2.99. The van der Waals surface area contributed by atoms with E-state index in [2.05, 4.69) is 15.4 Å². The molecule has 0 saturated heterocycles. The summed E-state index contributed by atoms with van der Waals surface area (Å²) in [5, 5.41) is 6.09. The van der Waals surface area contributed by atoms with Gasteiger partial charge in [-0.2, -0.15) is 0 Å². The zero-order chi connectivity index (χ0) is 24.0. The Kier molecular flexibility index (Phi) is 7.86. The first-order chi connectivity index (χ1) is 15.6. The number of hydrogen-bond acceptors (Lipinski definition) is 4. The molecule has 0 spiro atoms. The first-order valence-electron chi connectivity index (χ1n) is 9.88. The fourth-order valence-corrected chi connectivity index (χ4v) is 4.39. The van der Waals surface area contributed by atoms with Crippen molar-refractivity contribution >= 4 is 62.3 Å². The number of carbonyl (C=O) groups excluding carboxylic acids is 1. The van der Waals surface area contributed by atoms with Crippen molar-refractivity contribution in [3.8, 4) is 0 Å². The van der Waals surface area contributed by atoms with Crippen LogP contribution < -0.4 is 15.4 Å². The van der Waals surface area contributed by atoms with Gasteiger partial charge in [0, 0.05) is 16.8 Å². The minimum Gasteiger partial charge on any atom is -0.332 e. The molecular weight excluding hydrogens is 478 g/mol. The highest BCUT2D eigenvalue weighted by Crippen LogP contribution is 2.22. The molecule has 1 amide bonds. The Bertz CT molecular complexity index is 1300. The highest BCUT2D eigenvalue weighted by Gasteiger charge is 2.15. The summed E-state index contributed by atoms with van der Waals surface area (Å²) in [5.41, 5.74) is 3.77. The summed E-state index contributed by atoms with van der Waals surface area (Å²) < 4.78 is 28.0. The molecule has 170 valence electrons. The van der Waals surface area contributed by atoms with Crippen molar-refractivity contribution in [1.82, 2.24) is 5.32 Å². The second-order valence-electron chi connectivity index (χ2n) is 7.28. The normalized spacial score (nSPS) is 11.2. The lowest BCUT2D eigenvalue weighted by atomic mass is 10.1. The number of halogens is 1. The first-order valence-corrected chi connectivity index (χ1v) is 12.1. The molecule has 0 aliphatic carbocycles. The Hall–Kier alpha value is -3.20. The molecule has 0 aliphatic heterocycles. The Labute approximate surface area is 203 Å². The van der Waals surface area contributed by atoms with Crippen LogP contribution in [0.25, 0.3) is 6.08 Å². The second kappa shape index (κ2) is 10.6. The third-order valence-corrected chi connectivity index (χ3v) is 6.42. The number of carbonyl (C=O) groups is 1. The summed E-state index contributed by atoms with van der Waals surface area (Å²) in [6.45, 7) is 3.79. The zero-order valence-corrected chi connectivity index (χ0v) is 20.3. The predicted molar refractivity (Wildman–Crippen MR) is 138 cm³/mol. The van der Waals surface area contributed by atoms with Gasteiger partial charge in [0.05, 0.1) is 10.6 Å². The molecule has 6 nitrogen and oxygen atoms in total. The molecule has 0 aliphatic rings. The molecule has 0 unspecified atom stereocenters. The Morgan fingerprint density at radius 3 is 2.27 bits per heavy atom. The van der Waals surface area contributed by atoms with Crippen LogP contribution in [-0.4, -0.2) is 19.4 Å². The summed E-state index contributed by atoms with van der Waals surface area (Å²) in [5.74, 6) is -0.403. The van der Waals surface area contributed by atoms with Crippen LogP contribution in [0.2, 0.25) is 5.02 Å². The molecular formula is C24H22ClN3O3S2. The van der Waals surface area contributed by atoms with Crippen molar-refractivity contribution < 1.29 is 13.2 Å². The number of nitrogens with one attached hydrogen (secondary N) is 3. The van der Waals surface area contributed by atoms with E-state index >= 15 is 0 Å². The van der Waals surface area contributed by atoms with E-state index < -0.39 is 15.9 Å². The number of sulfonamides is 1. The van der Waals surface area contributed by atoms with Crippen LogP contribution in [0.1, 0.15) is 16.7 Å². The van der Waals surface area contributed by atoms with Gasteiger partial charge >= 0.3 is 0 Å². The molecule has 0 fully saturated rings. The number of rotatable bonds is 6. The second-order valence-corrected chi connectivity index (χ2v) is 9.80. The maximum atomic E-state index is 12.7. The standard InChI is InChI=1S/C24H22ClN3O3S2/c1-16-3-13-22(17(2)15-16)28-33(30,31)21-11-9-20(10-12-21)26-24(32)27-23(29)14-6-18-4-7-19(25)8-5-18/h3-15,28H,1-2H3,(H2,26,27,29,32)/b14-6+. The molecule has 3 rings (SSSR count). The van der Waals surface area contributed by atoms with Gasteiger partial charge in [0.2, 0.25) is 5.91 Å². The molecule has 0 heterocycles. The van der Waals surface area contributed by atoms with Crippen molar-refractivity contribution in [2.75, 3.05) is 10.0 Å². The molecule has 0 radical (unpaired) electrons. The van der Waals surface area contributed by atoms with Gasteiger partial charge in [0.1, 0.15) is 0 Å². The van der Waals surface area contributed by atoms with E-state index in [1.165, 1.54) is 18.2 Å². The maximum absolute atomic E-state index is 12.7. The van der Waals surface area contributed by atoms with E-state index in [4.69, 9.17) is 23.8 Å². The van der Waals surface area contributed by atoms with Crippen LogP contribution >= 0.6 is 23.8 Å². The summed E-state index contributed by atoms with van der Waals surface area (Å²) in [7, 11) is -3.75. The van der Waals surface area contributed by atoms with Crippen LogP contribution in [0.3, 0.4) is 0 Å². The predicted octanol–water partition coefficient (Wildman–Crippen LogP) is 5.28. The lowest BCUT2D eigenvalue weighted by molar-refractivity contribution is -0.115. The van der Waals surface area contributed by atoms with E-state index in [1.54, 1.807) is 48.5 Å². The van der Waals surface area contributed by atoms with Crippen LogP contribution in [0, 0.1) is 13.8 Å². The fraction of sp³-hybridized carbons (Fsp3) is 0.0833. The van der Waals surface area contributed by atoms with E-state index in [1.807, 2.05) is 26.0 Å². The highest BCUT2D eigenvalue weighted by molar-refractivity contribution is 7.92. The molecule has 0 aromatic heterocycles. The quantitative estimate of drug-likeness (QED) is 0.317. The summed E-state index contributed by atoms with van der Waals surface area (Å²) >= 11 is 11.0. The average molecular weight is 500 g/mol. The van der Waals surface area contributed by atoms with Crippen molar-refractivity contribution in [1.29, 1.82) is 0 Å². The Morgan fingerprint density at radius 1 is 0.970 bits per heavy atom. The number of hydrogen-bond donors (Lipinski definition) is 3. The third-order valence-electron chi connectivity index (χ3n) is 4.58. The van der Waals surface area contributed by atoms with E-state index in [0.29, 0.717) is 16.4 Å². The van der Waals surface area contributed by atoms with E-state index in [0.717, 1.165) is 16.7 Å². The first kappa shape index (κ1) is 24.4. The molecule has 3 N–H and O–H groups in total. The molecule has 9 heteroatoms. The van der Waals surface area contributed by atoms with Gasteiger partial charge in [-0.15, -0.1) is 0 Å². The molecule has 0 bridgehead atoms. The Morgan fingerprint density at radius 2 is 1.64 bits per heavy atom. The molecule has 3 aromatic carbocycles. The van der Waals surface area contributed by atoms with Crippen LogP contribution in [0.5, 0.6) is 0 Å². The molecule has 0 atom stereocenters. The monoisotopic (exact) mass is 499 g/mol. The van der Waals surface area contributed by atoms with Crippen LogP contribution in [-0.2, 0) is 14.8 Å². The van der Waals surface area contributed by atoms with Gasteiger partial charge in [-0.05, 0) is 85.7 Å². The minimum absolute atomic E-state index is 0.0877. The smallest absolute Gasteiger partial charge is 0.261 e. The van der Waals surface area contributed by atoms with Crippen LogP contribution in [0.4, 0.5) is 11.4 Å². The topological polar surface area (TPSA) is 87.3 Å². The van der Waals surface area contributed by atoms with Gasteiger partial charge in [-0.25, -0.2) is 8.42 Å². The third kappa shape index (κ3) is 7.15. The zero-order valence-electron chi connectivity index (χ0n) is 17.9. The maximum Gasteiger partial charge on any atom is 0.261 e. The average Bonchev–Trinajstić information content (AvgIpc) is 2.75. The van der Waals surface area contributed by atoms with E-state index in [9.17, 15) is 13.2 Å². The Balaban J connectivity index is 1.58. The lowest BCUT2D eigenvalue weighted by Crippen LogP contribution is -2.32. The SMILES string of the molecule is Cc1ccc(NS(=O)(=O)c2ccc(NC(=S)NC(=O)/C=C/c3ccc(Cl)cc3)cc2)c(C)c1. The number of thiocarbonyl (C=S) groups is 1. The number of amides is 1. The summed E-state index contributed by atoms with van der Waals surface area (Å²) in [6, 6.07) is 18.6. The van der Waals surface area contributed by atoms with Gasteiger partial charge in [-0.3, -0.25) is 14.8 Å². The number of aryl methyl sites for hydroxylation is 2. The number of anilines is 2. The fourth-order valence-electron chi connectivity index (χ4n) is 2.91. The molecule has 3 aromatic rings. The van der Waals surface area contributed by atoms with Gasteiger partial charge in [0.25, 0.3) is 10.0 Å². The molecule has 33 heavy (non-hydrogen) atoms. The van der Waals surface area contributed by atoms with Gasteiger partial charge in [0.15, 0.2) is 5.11 Å². The molecule has 0 saturated carbocycles. The summed E-state index contributed by atoms with van der Waals surface area (Å²) in [4.78, 5) is 12.2. The largest absolute Gasteiger partial charge is 0.332 e. The van der Waals surface area contributed by atoms with Crippen molar-refractivity contribution in [2.24, 2.45) is 0 Å². The van der Waals surface area contributed by atoms with E-state index in [-0.39, 0.29) is 10.0 Å². The van der Waals surface area contributed by atoms with Crippen molar-refractivity contribution in [2.45, 2.75) is 18.7 Å². The van der Waals surface area contributed by atoms with Gasteiger partial charge < -0.3 is 5.32 Å². The van der Waals surface area contributed by atoms with Gasteiger partial charge in [-0.1, -0.05) is 41.4 Å². The number of benzene rings is 3. The van der Waals surface area contributed by atoms with Crippen LogP contribution in [0.15, 0.2) is 77.7 Å².